The molecule has 2 aromatic rings. The second-order valence-corrected chi connectivity index (χ2v) is 5.47. The van der Waals surface area contributed by atoms with Gasteiger partial charge >= 0.3 is 0 Å². The minimum absolute atomic E-state index is 0.258. The number of nitrogens with one attached hydrogen (secondary N) is 1. The molecular formula is C14H15FN2O2S. The minimum atomic E-state index is -0.635. The highest BCUT2D eigenvalue weighted by molar-refractivity contribution is 7.15. The summed E-state index contributed by atoms with van der Waals surface area (Å²) < 4.78 is 18.4. The average molecular weight is 294 g/mol. The van der Waals surface area contributed by atoms with Crippen molar-refractivity contribution in [3.8, 4) is 5.75 Å². The van der Waals surface area contributed by atoms with Crippen LogP contribution in [0.5, 0.6) is 5.75 Å². The van der Waals surface area contributed by atoms with E-state index in [9.17, 15) is 9.18 Å². The Morgan fingerprint density at radius 1 is 1.45 bits per heavy atom. The fourth-order valence-corrected chi connectivity index (χ4v) is 2.27. The standard InChI is InChI=1S/C14H15FN2O2S/c1-3-12(19-11-6-4-10(15)5-7-11)13(18)17-14-16-8-9(2)20-14/h4-8,12H,3H2,1-2H3,(H,16,17,18)/t12-/m0/s1. The molecule has 0 bridgehead atoms. The van der Waals surface area contributed by atoms with E-state index in [0.717, 1.165) is 4.88 Å². The number of halogens is 1. The lowest BCUT2D eigenvalue weighted by Gasteiger charge is -2.16. The summed E-state index contributed by atoms with van der Waals surface area (Å²) in [6.45, 7) is 3.76. The van der Waals surface area contributed by atoms with Gasteiger partial charge in [-0.3, -0.25) is 10.1 Å². The Kier molecular flexibility index (Phi) is 4.68. The summed E-state index contributed by atoms with van der Waals surface area (Å²) in [5.41, 5.74) is 0. The third-order valence-electron chi connectivity index (χ3n) is 2.61. The van der Waals surface area contributed by atoms with Gasteiger partial charge in [0, 0.05) is 11.1 Å². The molecule has 6 heteroatoms. The van der Waals surface area contributed by atoms with E-state index in [1.165, 1.54) is 35.6 Å². The molecule has 0 aliphatic heterocycles. The van der Waals surface area contributed by atoms with Crippen LogP contribution >= 0.6 is 11.3 Å². The molecule has 1 atom stereocenters. The number of thiazole rings is 1. The number of nitrogens with zero attached hydrogens (tertiary/aromatic N) is 1. The van der Waals surface area contributed by atoms with Crippen molar-refractivity contribution in [1.29, 1.82) is 0 Å². The normalized spacial score (nSPS) is 11.9. The molecular weight excluding hydrogens is 279 g/mol. The van der Waals surface area contributed by atoms with E-state index in [-0.39, 0.29) is 11.7 Å². The zero-order valence-electron chi connectivity index (χ0n) is 11.2. The number of carbonyl (C=O) groups is 1. The van der Waals surface area contributed by atoms with Crippen LogP contribution in [-0.2, 0) is 4.79 Å². The molecule has 1 aromatic heterocycles. The minimum Gasteiger partial charge on any atom is -0.481 e. The lowest BCUT2D eigenvalue weighted by Crippen LogP contribution is -2.32. The van der Waals surface area contributed by atoms with Gasteiger partial charge in [0.2, 0.25) is 0 Å². The maximum atomic E-state index is 12.8. The number of anilines is 1. The molecule has 2 rings (SSSR count). The number of rotatable bonds is 5. The fourth-order valence-electron chi connectivity index (χ4n) is 1.60. The van der Waals surface area contributed by atoms with Crippen LogP contribution in [0.1, 0.15) is 18.2 Å². The second kappa shape index (κ2) is 6.47. The number of aryl methyl sites for hydroxylation is 1. The molecule has 1 amide bonds. The highest BCUT2D eigenvalue weighted by Gasteiger charge is 2.19. The molecule has 0 saturated heterocycles. The number of aromatic nitrogens is 1. The van der Waals surface area contributed by atoms with E-state index in [4.69, 9.17) is 4.74 Å². The first-order valence-electron chi connectivity index (χ1n) is 6.24. The average Bonchev–Trinajstić information content (AvgIpc) is 2.83. The smallest absolute Gasteiger partial charge is 0.267 e. The molecule has 0 aliphatic carbocycles. The first kappa shape index (κ1) is 14.5. The monoisotopic (exact) mass is 294 g/mol. The Labute approximate surface area is 120 Å². The van der Waals surface area contributed by atoms with Crippen molar-refractivity contribution in [3.05, 3.63) is 41.2 Å². The highest BCUT2D eigenvalue weighted by Crippen LogP contribution is 2.19. The number of hydrogen-bond acceptors (Lipinski definition) is 4. The maximum absolute atomic E-state index is 12.8. The summed E-state index contributed by atoms with van der Waals surface area (Å²) in [6, 6.07) is 5.59. The van der Waals surface area contributed by atoms with Gasteiger partial charge < -0.3 is 4.74 Å². The van der Waals surface area contributed by atoms with Gasteiger partial charge in [-0.15, -0.1) is 11.3 Å². The summed E-state index contributed by atoms with van der Waals surface area (Å²) in [4.78, 5) is 17.2. The van der Waals surface area contributed by atoms with Crippen LogP contribution in [0.4, 0.5) is 9.52 Å². The molecule has 1 aromatic carbocycles. The quantitative estimate of drug-likeness (QED) is 0.919. The molecule has 0 radical (unpaired) electrons. The molecule has 1 heterocycles. The third kappa shape index (κ3) is 3.77. The van der Waals surface area contributed by atoms with Gasteiger partial charge in [-0.2, -0.15) is 0 Å². The van der Waals surface area contributed by atoms with Crippen LogP contribution in [0.2, 0.25) is 0 Å². The summed E-state index contributed by atoms with van der Waals surface area (Å²) >= 11 is 1.40. The summed E-state index contributed by atoms with van der Waals surface area (Å²) in [7, 11) is 0. The largest absolute Gasteiger partial charge is 0.481 e. The van der Waals surface area contributed by atoms with Crippen molar-refractivity contribution >= 4 is 22.4 Å². The number of ether oxygens (including phenoxy) is 1. The SMILES string of the molecule is CC[C@H](Oc1ccc(F)cc1)C(=O)Nc1ncc(C)s1. The van der Waals surface area contributed by atoms with Gasteiger partial charge in [-0.25, -0.2) is 9.37 Å². The number of benzene rings is 1. The van der Waals surface area contributed by atoms with Gasteiger partial charge in [-0.1, -0.05) is 6.92 Å². The van der Waals surface area contributed by atoms with Crippen LogP contribution in [0.3, 0.4) is 0 Å². The van der Waals surface area contributed by atoms with Crippen LogP contribution < -0.4 is 10.1 Å². The van der Waals surface area contributed by atoms with E-state index in [0.29, 0.717) is 17.3 Å². The zero-order chi connectivity index (χ0) is 14.5. The molecule has 0 spiro atoms. The third-order valence-corrected chi connectivity index (χ3v) is 3.43. The van der Waals surface area contributed by atoms with Crippen molar-refractivity contribution in [3.63, 3.8) is 0 Å². The molecule has 0 fully saturated rings. The van der Waals surface area contributed by atoms with E-state index in [2.05, 4.69) is 10.3 Å². The number of amides is 1. The van der Waals surface area contributed by atoms with E-state index in [1.807, 2.05) is 13.8 Å². The summed E-state index contributed by atoms with van der Waals surface area (Å²) in [5.74, 6) is -0.136. The van der Waals surface area contributed by atoms with Gasteiger partial charge in [0.1, 0.15) is 11.6 Å². The first-order valence-corrected chi connectivity index (χ1v) is 7.05. The fraction of sp³-hybridized carbons (Fsp3) is 0.286. The Hall–Kier alpha value is -1.95. The van der Waals surface area contributed by atoms with Crippen molar-refractivity contribution in [2.75, 3.05) is 5.32 Å². The van der Waals surface area contributed by atoms with Crippen LogP contribution in [0, 0.1) is 12.7 Å². The van der Waals surface area contributed by atoms with Crippen LogP contribution in [0.25, 0.3) is 0 Å². The Morgan fingerprint density at radius 2 is 2.15 bits per heavy atom. The van der Waals surface area contributed by atoms with E-state index < -0.39 is 6.10 Å². The van der Waals surface area contributed by atoms with Gasteiger partial charge in [0.05, 0.1) is 0 Å². The molecule has 0 aliphatic rings. The van der Waals surface area contributed by atoms with Crippen molar-refractivity contribution in [2.24, 2.45) is 0 Å². The Morgan fingerprint density at radius 3 is 2.70 bits per heavy atom. The van der Waals surface area contributed by atoms with Crippen LogP contribution in [0.15, 0.2) is 30.5 Å². The predicted octanol–water partition coefficient (Wildman–Crippen LogP) is 3.39. The molecule has 0 saturated carbocycles. The maximum Gasteiger partial charge on any atom is 0.267 e. The van der Waals surface area contributed by atoms with Gasteiger partial charge in [0.25, 0.3) is 5.91 Å². The molecule has 0 unspecified atom stereocenters. The van der Waals surface area contributed by atoms with E-state index in [1.54, 1.807) is 6.20 Å². The molecule has 4 nitrogen and oxygen atoms in total. The van der Waals surface area contributed by atoms with Gasteiger partial charge in [0.15, 0.2) is 11.2 Å². The van der Waals surface area contributed by atoms with E-state index >= 15 is 0 Å². The lowest BCUT2D eigenvalue weighted by atomic mass is 10.2. The van der Waals surface area contributed by atoms with Crippen molar-refractivity contribution in [2.45, 2.75) is 26.4 Å². The van der Waals surface area contributed by atoms with Crippen molar-refractivity contribution in [1.82, 2.24) is 4.98 Å². The Balaban J connectivity index is 2.00. The van der Waals surface area contributed by atoms with Gasteiger partial charge in [-0.05, 0) is 37.6 Å². The zero-order valence-corrected chi connectivity index (χ0v) is 12.0. The summed E-state index contributed by atoms with van der Waals surface area (Å²) in [5, 5.41) is 3.26. The second-order valence-electron chi connectivity index (χ2n) is 4.23. The predicted molar refractivity (Wildman–Crippen MR) is 76.6 cm³/mol. The summed E-state index contributed by atoms with van der Waals surface area (Å²) in [6.07, 6.45) is 1.57. The lowest BCUT2D eigenvalue weighted by molar-refractivity contribution is -0.122. The highest BCUT2D eigenvalue weighted by atomic mass is 32.1. The van der Waals surface area contributed by atoms with Crippen molar-refractivity contribution < 1.29 is 13.9 Å². The molecule has 106 valence electrons. The Bertz CT molecular complexity index is 583. The molecule has 20 heavy (non-hydrogen) atoms. The van der Waals surface area contributed by atoms with Crippen LogP contribution in [-0.4, -0.2) is 17.0 Å². The first-order chi connectivity index (χ1) is 9.58. The topological polar surface area (TPSA) is 51.2 Å². The molecule has 1 N–H and O–H groups in total. The number of carbonyl (C=O) groups excluding carboxylic acids is 1. The number of hydrogen-bond donors (Lipinski definition) is 1.